The fourth-order valence-electron chi connectivity index (χ4n) is 5.10. The highest BCUT2D eigenvalue weighted by atomic mass is 19.1. The molecule has 0 N–H and O–H groups in total. The van der Waals surface area contributed by atoms with Crippen LogP contribution < -0.4 is 0 Å². The van der Waals surface area contributed by atoms with Crippen LogP contribution in [0.5, 0.6) is 0 Å². The Hall–Kier alpha value is -2.48. The van der Waals surface area contributed by atoms with E-state index in [1.807, 2.05) is 0 Å². The quantitative estimate of drug-likeness (QED) is 0.350. The van der Waals surface area contributed by atoms with Crippen LogP contribution in [0.3, 0.4) is 0 Å². The Morgan fingerprint density at radius 3 is 2.39 bits per heavy atom. The summed E-state index contributed by atoms with van der Waals surface area (Å²) in [6, 6.07) is 17.6. The van der Waals surface area contributed by atoms with Gasteiger partial charge in [0.1, 0.15) is 5.67 Å². The third-order valence-electron chi connectivity index (χ3n) is 6.50. The minimum atomic E-state index is -0.995. The van der Waals surface area contributed by atoms with E-state index in [0.29, 0.717) is 18.8 Å². The molecule has 3 aromatic rings. The number of hydrogen-bond acceptors (Lipinski definition) is 1. The van der Waals surface area contributed by atoms with E-state index >= 15 is 0 Å². The summed E-state index contributed by atoms with van der Waals surface area (Å²) in [6.07, 6.45) is 3.17. The maximum absolute atomic E-state index is 14.3. The van der Waals surface area contributed by atoms with Gasteiger partial charge in [0.15, 0.2) is 0 Å². The Kier molecular flexibility index (Phi) is 3.94. The van der Waals surface area contributed by atoms with Gasteiger partial charge in [-0.05, 0) is 81.5 Å². The standard InChI is InChI=1S/C26H26FN/c1-16-13-17(2)15-19(14-16)25-22-6-4-5-21-20(7-8-23(28-25)24(21)22)18-9-11-26(3,27)12-10-18/h4-8,13-15,18H,9-12H2,1-3H3. The minimum absolute atomic E-state index is 0.443. The van der Waals surface area contributed by atoms with Crippen molar-refractivity contribution in [3.8, 4) is 0 Å². The fourth-order valence-corrected chi connectivity index (χ4v) is 5.10. The Bertz CT molecular complexity index is 1090. The Morgan fingerprint density at radius 1 is 0.964 bits per heavy atom. The van der Waals surface area contributed by atoms with E-state index in [4.69, 9.17) is 4.99 Å². The van der Waals surface area contributed by atoms with Crippen molar-refractivity contribution in [2.45, 2.75) is 58.0 Å². The van der Waals surface area contributed by atoms with Crippen LogP contribution in [0.1, 0.15) is 66.3 Å². The molecule has 0 atom stereocenters. The molecule has 0 saturated heterocycles. The summed E-state index contributed by atoms with van der Waals surface area (Å²) in [6.45, 7) is 6.03. The summed E-state index contributed by atoms with van der Waals surface area (Å²) in [5.41, 5.74) is 7.45. The first-order valence-electron chi connectivity index (χ1n) is 10.3. The van der Waals surface area contributed by atoms with Crippen molar-refractivity contribution in [1.82, 2.24) is 0 Å². The highest BCUT2D eigenvalue weighted by molar-refractivity contribution is 6.26. The summed E-state index contributed by atoms with van der Waals surface area (Å²) in [4.78, 5) is 5.01. The lowest BCUT2D eigenvalue weighted by Gasteiger charge is -2.32. The van der Waals surface area contributed by atoms with E-state index in [9.17, 15) is 4.39 Å². The molecule has 2 aliphatic rings. The molecule has 142 valence electrons. The van der Waals surface area contributed by atoms with E-state index in [1.54, 1.807) is 6.92 Å². The van der Waals surface area contributed by atoms with Crippen LogP contribution in [0, 0.1) is 13.8 Å². The normalized spacial score (nSPS) is 23.9. The maximum Gasteiger partial charge on any atom is 0.108 e. The molecule has 0 unspecified atom stereocenters. The van der Waals surface area contributed by atoms with Crippen molar-refractivity contribution in [3.05, 3.63) is 76.3 Å². The topological polar surface area (TPSA) is 12.4 Å². The molecule has 0 spiro atoms. The first kappa shape index (κ1) is 17.6. The van der Waals surface area contributed by atoms with Gasteiger partial charge in [-0.15, -0.1) is 0 Å². The predicted octanol–water partition coefficient (Wildman–Crippen LogP) is 7.32. The van der Waals surface area contributed by atoms with Gasteiger partial charge in [-0.25, -0.2) is 9.38 Å². The molecule has 1 nitrogen and oxygen atoms in total. The minimum Gasteiger partial charge on any atom is -0.247 e. The average molecular weight is 371 g/mol. The molecule has 1 aliphatic carbocycles. The predicted molar refractivity (Wildman–Crippen MR) is 116 cm³/mol. The fraction of sp³-hybridized carbons (Fsp3) is 0.346. The van der Waals surface area contributed by atoms with Gasteiger partial charge in [0, 0.05) is 16.5 Å². The molecule has 1 fully saturated rings. The molecule has 1 heterocycles. The second-order valence-electron chi connectivity index (χ2n) is 8.93. The number of alkyl halides is 1. The van der Waals surface area contributed by atoms with Crippen LogP contribution in [0.4, 0.5) is 10.1 Å². The van der Waals surface area contributed by atoms with Crippen molar-refractivity contribution in [2.24, 2.45) is 4.99 Å². The smallest absolute Gasteiger partial charge is 0.108 e. The SMILES string of the molecule is Cc1cc(C)cc(C2=Nc3ccc(C4CCC(C)(F)CC4)c4cccc2c34)c1. The number of aryl methyl sites for hydroxylation is 2. The van der Waals surface area contributed by atoms with Gasteiger partial charge in [0.25, 0.3) is 0 Å². The third kappa shape index (κ3) is 2.87. The zero-order valence-electron chi connectivity index (χ0n) is 16.8. The van der Waals surface area contributed by atoms with Gasteiger partial charge in [-0.1, -0.05) is 41.5 Å². The molecule has 0 amide bonds. The molecule has 2 heteroatoms. The third-order valence-corrected chi connectivity index (χ3v) is 6.50. The molecular formula is C26H26FN. The van der Waals surface area contributed by atoms with Crippen LogP contribution >= 0.6 is 0 Å². The van der Waals surface area contributed by atoms with Gasteiger partial charge in [-0.3, -0.25) is 0 Å². The van der Waals surface area contributed by atoms with Gasteiger partial charge >= 0.3 is 0 Å². The molecule has 0 radical (unpaired) electrons. The van der Waals surface area contributed by atoms with Crippen molar-refractivity contribution < 1.29 is 4.39 Å². The van der Waals surface area contributed by atoms with Crippen LogP contribution in [0.2, 0.25) is 0 Å². The van der Waals surface area contributed by atoms with Gasteiger partial charge < -0.3 is 0 Å². The van der Waals surface area contributed by atoms with Crippen LogP contribution in [-0.2, 0) is 0 Å². The van der Waals surface area contributed by atoms with E-state index < -0.39 is 5.67 Å². The number of halogens is 1. The summed E-state index contributed by atoms with van der Waals surface area (Å²) in [7, 11) is 0. The lowest BCUT2D eigenvalue weighted by atomic mass is 9.76. The summed E-state index contributed by atoms with van der Waals surface area (Å²) >= 11 is 0. The molecule has 0 bridgehead atoms. The molecule has 5 rings (SSSR count). The summed E-state index contributed by atoms with van der Waals surface area (Å²) in [5.74, 6) is 0.443. The van der Waals surface area contributed by atoms with Crippen LogP contribution in [0.25, 0.3) is 10.8 Å². The highest BCUT2D eigenvalue weighted by Crippen LogP contribution is 2.45. The Labute approximate surface area is 166 Å². The second-order valence-corrected chi connectivity index (χ2v) is 8.93. The van der Waals surface area contributed by atoms with Gasteiger partial charge in [0.2, 0.25) is 0 Å². The van der Waals surface area contributed by atoms with E-state index in [1.165, 1.54) is 38.6 Å². The van der Waals surface area contributed by atoms with Crippen molar-refractivity contribution in [3.63, 3.8) is 0 Å². The number of rotatable bonds is 2. The zero-order valence-corrected chi connectivity index (χ0v) is 16.8. The van der Waals surface area contributed by atoms with Gasteiger partial charge in [0.05, 0.1) is 11.4 Å². The average Bonchev–Trinajstić information content (AvgIpc) is 3.02. The monoisotopic (exact) mass is 371 g/mol. The molecule has 1 saturated carbocycles. The van der Waals surface area contributed by atoms with E-state index in [0.717, 1.165) is 24.2 Å². The molecule has 3 aromatic carbocycles. The van der Waals surface area contributed by atoms with Crippen molar-refractivity contribution >= 4 is 22.2 Å². The molecule has 28 heavy (non-hydrogen) atoms. The highest BCUT2D eigenvalue weighted by Gasteiger charge is 2.32. The zero-order chi connectivity index (χ0) is 19.5. The van der Waals surface area contributed by atoms with E-state index in [2.05, 4.69) is 62.4 Å². The van der Waals surface area contributed by atoms with Crippen molar-refractivity contribution in [2.75, 3.05) is 0 Å². The first-order valence-corrected chi connectivity index (χ1v) is 10.3. The lowest BCUT2D eigenvalue weighted by Crippen LogP contribution is -2.25. The van der Waals surface area contributed by atoms with E-state index in [-0.39, 0.29) is 0 Å². The largest absolute Gasteiger partial charge is 0.247 e. The Balaban J connectivity index is 1.61. The number of nitrogens with zero attached hydrogens (tertiary/aromatic N) is 1. The lowest BCUT2D eigenvalue weighted by molar-refractivity contribution is 0.120. The number of benzene rings is 3. The number of hydrogen-bond donors (Lipinski definition) is 0. The number of aliphatic imine (C=N–C) groups is 1. The first-order chi connectivity index (χ1) is 13.4. The second kappa shape index (κ2) is 6.27. The summed E-state index contributed by atoms with van der Waals surface area (Å²) in [5, 5.41) is 2.56. The Morgan fingerprint density at radius 2 is 1.68 bits per heavy atom. The molecular weight excluding hydrogens is 345 g/mol. The summed E-state index contributed by atoms with van der Waals surface area (Å²) < 4.78 is 14.3. The van der Waals surface area contributed by atoms with Crippen molar-refractivity contribution in [1.29, 1.82) is 0 Å². The maximum atomic E-state index is 14.3. The molecule has 0 aromatic heterocycles. The van der Waals surface area contributed by atoms with Gasteiger partial charge in [-0.2, -0.15) is 0 Å². The molecule has 1 aliphatic heterocycles. The van der Waals surface area contributed by atoms with Crippen LogP contribution in [0.15, 0.2) is 53.5 Å². The van der Waals surface area contributed by atoms with Crippen LogP contribution in [-0.4, -0.2) is 11.4 Å².